The monoisotopic (exact) mass is 438 g/mol. The summed E-state index contributed by atoms with van der Waals surface area (Å²) in [6, 6.07) is 10.6. The van der Waals surface area contributed by atoms with Crippen molar-refractivity contribution in [3.63, 3.8) is 0 Å². The molecule has 0 bridgehead atoms. The second kappa shape index (κ2) is 9.78. The molecule has 1 N–H and O–H groups in total. The number of methoxy groups -OCH3 is 1. The van der Waals surface area contributed by atoms with E-state index in [0.717, 1.165) is 10.5 Å². The minimum Gasteiger partial charge on any atom is -0.493 e. The van der Waals surface area contributed by atoms with Crippen molar-refractivity contribution >= 4 is 35.6 Å². The lowest BCUT2D eigenvalue weighted by Gasteiger charge is -2.26. The first-order valence-electron chi connectivity index (χ1n) is 9.78. The summed E-state index contributed by atoms with van der Waals surface area (Å²) < 4.78 is 15.5. The number of nitrogens with zero attached hydrogens (tertiary/aromatic N) is 1. The molecule has 32 heavy (non-hydrogen) atoms. The van der Waals surface area contributed by atoms with Crippen LogP contribution in [0.5, 0.6) is 11.5 Å². The lowest BCUT2D eigenvalue weighted by Crippen LogP contribution is -2.54. The smallest absolute Gasteiger partial charge is 0.344 e. The third kappa shape index (κ3) is 4.94. The Morgan fingerprint density at radius 3 is 2.44 bits per heavy atom. The molecule has 0 unspecified atom stereocenters. The number of barbiturate groups is 1. The number of urea groups is 1. The van der Waals surface area contributed by atoms with Crippen LogP contribution in [0.25, 0.3) is 6.08 Å². The van der Waals surface area contributed by atoms with Crippen molar-refractivity contribution in [3.05, 3.63) is 59.2 Å². The van der Waals surface area contributed by atoms with Crippen LogP contribution in [0.1, 0.15) is 18.1 Å². The Balaban J connectivity index is 1.87. The first-order valence-corrected chi connectivity index (χ1v) is 9.78. The Morgan fingerprint density at radius 1 is 1.06 bits per heavy atom. The van der Waals surface area contributed by atoms with Crippen molar-refractivity contribution in [2.45, 2.75) is 13.8 Å². The van der Waals surface area contributed by atoms with Gasteiger partial charge >= 0.3 is 12.0 Å². The highest BCUT2D eigenvalue weighted by Crippen LogP contribution is 2.30. The Hall–Kier alpha value is -4.14. The largest absolute Gasteiger partial charge is 0.493 e. The molecule has 0 radical (unpaired) electrons. The Kier molecular flexibility index (Phi) is 6.89. The average molecular weight is 438 g/mol. The van der Waals surface area contributed by atoms with Gasteiger partial charge in [0.1, 0.15) is 5.57 Å². The van der Waals surface area contributed by atoms with Crippen LogP contribution in [0.2, 0.25) is 0 Å². The molecular formula is C23H22N2O7. The number of hydrogen-bond acceptors (Lipinski definition) is 7. The molecule has 9 heteroatoms. The number of nitrogens with one attached hydrogen (secondary N) is 1. The van der Waals surface area contributed by atoms with Crippen LogP contribution in [-0.4, -0.2) is 44.1 Å². The minimum absolute atomic E-state index is 0.215. The fraction of sp³-hybridized carbons (Fsp3) is 0.217. The zero-order valence-corrected chi connectivity index (χ0v) is 17.8. The third-order valence-corrected chi connectivity index (χ3v) is 4.54. The highest BCUT2D eigenvalue weighted by molar-refractivity contribution is 6.39. The summed E-state index contributed by atoms with van der Waals surface area (Å²) in [7, 11) is 1.42. The van der Waals surface area contributed by atoms with E-state index in [-0.39, 0.29) is 18.8 Å². The van der Waals surface area contributed by atoms with E-state index in [1.54, 1.807) is 49.4 Å². The van der Waals surface area contributed by atoms with Crippen molar-refractivity contribution in [2.24, 2.45) is 0 Å². The van der Waals surface area contributed by atoms with Gasteiger partial charge in [-0.3, -0.25) is 14.9 Å². The zero-order valence-electron chi connectivity index (χ0n) is 17.8. The van der Waals surface area contributed by atoms with Gasteiger partial charge in [0, 0.05) is 0 Å². The molecule has 9 nitrogen and oxygen atoms in total. The molecule has 2 aromatic carbocycles. The van der Waals surface area contributed by atoms with Crippen LogP contribution in [0.3, 0.4) is 0 Å². The molecule has 4 amide bonds. The highest BCUT2D eigenvalue weighted by atomic mass is 16.6. The van der Waals surface area contributed by atoms with Crippen molar-refractivity contribution in [1.29, 1.82) is 0 Å². The number of carbonyl (C=O) groups is 4. The summed E-state index contributed by atoms with van der Waals surface area (Å²) in [6.45, 7) is 3.52. The SMILES string of the molecule is CCOC(=O)COc1ccc(/C=C2\C(=O)NC(=O)N(c3ccc(C)cc3)C2=O)cc1OC. The predicted molar refractivity (Wildman–Crippen MR) is 115 cm³/mol. The number of benzene rings is 2. The van der Waals surface area contributed by atoms with Crippen LogP contribution in [0.4, 0.5) is 10.5 Å². The van der Waals surface area contributed by atoms with Crippen molar-refractivity contribution in [2.75, 3.05) is 25.2 Å². The third-order valence-electron chi connectivity index (χ3n) is 4.54. The van der Waals surface area contributed by atoms with Gasteiger partial charge in [-0.25, -0.2) is 14.5 Å². The molecule has 0 aliphatic carbocycles. The van der Waals surface area contributed by atoms with Crippen LogP contribution in [0.15, 0.2) is 48.0 Å². The second-order valence-corrected chi connectivity index (χ2v) is 6.80. The molecule has 0 saturated carbocycles. The number of carbonyl (C=O) groups excluding carboxylic acids is 4. The number of aryl methyl sites for hydroxylation is 1. The first-order chi connectivity index (χ1) is 15.3. The number of rotatable bonds is 7. The van der Waals surface area contributed by atoms with Gasteiger partial charge in [0.15, 0.2) is 18.1 Å². The number of anilines is 1. The average Bonchev–Trinajstić information content (AvgIpc) is 2.77. The number of hydrogen-bond donors (Lipinski definition) is 1. The van der Waals surface area contributed by atoms with E-state index < -0.39 is 23.8 Å². The number of ether oxygens (including phenoxy) is 3. The standard InChI is InChI=1S/C23H22N2O7/c1-4-31-20(26)13-32-18-10-7-15(12-19(18)30-3)11-17-21(27)24-23(29)25(22(17)28)16-8-5-14(2)6-9-16/h5-12H,4,13H2,1-3H3,(H,24,27,29)/b17-11+. The maximum Gasteiger partial charge on any atom is 0.344 e. The summed E-state index contributed by atoms with van der Waals surface area (Å²) in [4.78, 5) is 50.0. The van der Waals surface area contributed by atoms with Crippen LogP contribution in [0, 0.1) is 6.92 Å². The Morgan fingerprint density at radius 2 is 1.78 bits per heavy atom. The lowest BCUT2D eigenvalue weighted by atomic mass is 10.1. The van der Waals surface area contributed by atoms with E-state index >= 15 is 0 Å². The van der Waals surface area contributed by atoms with Crippen LogP contribution >= 0.6 is 0 Å². The van der Waals surface area contributed by atoms with E-state index in [1.165, 1.54) is 13.2 Å². The lowest BCUT2D eigenvalue weighted by molar-refractivity contribution is -0.145. The van der Waals surface area contributed by atoms with Crippen molar-refractivity contribution < 1.29 is 33.4 Å². The summed E-state index contributed by atoms with van der Waals surface area (Å²) in [6.07, 6.45) is 1.35. The first kappa shape index (κ1) is 22.5. The second-order valence-electron chi connectivity index (χ2n) is 6.80. The van der Waals surface area contributed by atoms with Gasteiger partial charge in [0.2, 0.25) is 0 Å². The van der Waals surface area contributed by atoms with Gasteiger partial charge in [-0.2, -0.15) is 0 Å². The number of amides is 4. The topological polar surface area (TPSA) is 111 Å². The molecule has 166 valence electrons. The zero-order chi connectivity index (χ0) is 23.3. The van der Waals surface area contributed by atoms with Gasteiger partial charge in [-0.15, -0.1) is 0 Å². The molecule has 1 saturated heterocycles. The summed E-state index contributed by atoms with van der Waals surface area (Å²) in [5.41, 5.74) is 1.55. The molecule has 0 atom stereocenters. The van der Waals surface area contributed by atoms with Crippen molar-refractivity contribution in [3.8, 4) is 11.5 Å². The van der Waals surface area contributed by atoms with Crippen LogP contribution < -0.4 is 19.7 Å². The summed E-state index contributed by atoms with van der Waals surface area (Å²) in [5.74, 6) is -1.49. The molecule has 1 aliphatic heterocycles. The maximum absolute atomic E-state index is 13.0. The molecule has 1 aliphatic rings. The van der Waals surface area contributed by atoms with E-state index in [0.29, 0.717) is 22.7 Å². The van der Waals surface area contributed by atoms with E-state index in [1.807, 2.05) is 6.92 Å². The van der Waals surface area contributed by atoms with E-state index in [4.69, 9.17) is 14.2 Å². The molecule has 2 aromatic rings. The van der Waals surface area contributed by atoms with Gasteiger partial charge in [0.25, 0.3) is 11.8 Å². The summed E-state index contributed by atoms with van der Waals surface area (Å²) >= 11 is 0. The number of esters is 1. The van der Waals surface area contributed by atoms with Crippen LogP contribution in [-0.2, 0) is 19.1 Å². The molecule has 3 rings (SSSR count). The normalized spacial score (nSPS) is 14.9. The Bertz CT molecular complexity index is 1090. The van der Waals surface area contributed by atoms with Gasteiger partial charge in [-0.05, 0) is 49.8 Å². The fourth-order valence-corrected chi connectivity index (χ4v) is 2.98. The Labute approximate surface area is 184 Å². The minimum atomic E-state index is -0.818. The maximum atomic E-state index is 13.0. The molecule has 0 spiro atoms. The van der Waals surface area contributed by atoms with Crippen molar-refractivity contribution in [1.82, 2.24) is 5.32 Å². The number of imide groups is 2. The van der Waals surface area contributed by atoms with Gasteiger partial charge in [-0.1, -0.05) is 23.8 Å². The molecule has 1 fully saturated rings. The fourth-order valence-electron chi connectivity index (χ4n) is 2.98. The molecule has 1 heterocycles. The van der Waals surface area contributed by atoms with E-state index in [2.05, 4.69) is 5.32 Å². The van der Waals surface area contributed by atoms with Gasteiger partial charge in [0.05, 0.1) is 19.4 Å². The van der Waals surface area contributed by atoms with Gasteiger partial charge < -0.3 is 14.2 Å². The van der Waals surface area contributed by atoms with E-state index in [9.17, 15) is 19.2 Å². The highest BCUT2D eigenvalue weighted by Gasteiger charge is 2.36. The quantitative estimate of drug-likeness (QED) is 0.402. The molecular weight excluding hydrogens is 416 g/mol. The summed E-state index contributed by atoms with van der Waals surface area (Å²) in [5, 5.41) is 2.18. The predicted octanol–water partition coefficient (Wildman–Crippen LogP) is 2.61. The molecule has 0 aromatic heterocycles.